The second-order valence-electron chi connectivity index (χ2n) is 5.05. The molecule has 3 nitrogen and oxygen atoms in total. The standard InChI is InChI=1S/C12H22N2O/c15-12(9-5-2-6-10-12)14-13-11-7-3-1-4-8-11/h11,15H,1-10H2. The van der Waals surface area contributed by atoms with Gasteiger partial charge in [-0.15, -0.1) is 0 Å². The summed E-state index contributed by atoms with van der Waals surface area (Å²) in [7, 11) is 0. The van der Waals surface area contributed by atoms with Crippen molar-refractivity contribution in [3.8, 4) is 0 Å². The normalized spacial score (nSPS) is 28.3. The van der Waals surface area contributed by atoms with Crippen LogP contribution in [0.4, 0.5) is 0 Å². The highest BCUT2D eigenvalue weighted by atomic mass is 16.3. The first-order valence-electron chi connectivity index (χ1n) is 6.43. The average Bonchev–Trinajstić information content (AvgIpc) is 2.29. The lowest BCUT2D eigenvalue weighted by atomic mass is 9.92. The van der Waals surface area contributed by atoms with E-state index >= 15 is 0 Å². The summed E-state index contributed by atoms with van der Waals surface area (Å²) >= 11 is 0. The summed E-state index contributed by atoms with van der Waals surface area (Å²) in [6.07, 6.45) is 11.3. The van der Waals surface area contributed by atoms with Crippen LogP contribution in [0.5, 0.6) is 0 Å². The molecule has 0 aromatic carbocycles. The minimum atomic E-state index is -0.810. The van der Waals surface area contributed by atoms with E-state index in [2.05, 4.69) is 10.2 Å². The van der Waals surface area contributed by atoms with Crippen LogP contribution in [0, 0.1) is 0 Å². The Kier molecular flexibility index (Phi) is 3.73. The molecule has 0 aromatic rings. The monoisotopic (exact) mass is 210 g/mol. The zero-order valence-corrected chi connectivity index (χ0v) is 9.49. The van der Waals surface area contributed by atoms with E-state index in [9.17, 15) is 5.11 Å². The van der Waals surface area contributed by atoms with Gasteiger partial charge < -0.3 is 5.11 Å². The van der Waals surface area contributed by atoms with Crippen LogP contribution >= 0.6 is 0 Å². The van der Waals surface area contributed by atoms with Crippen LogP contribution in [0.15, 0.2) is 10.2 Å². The molecule has 1 N–H and O–H groups in total. The summed E-state index contributed by atoms with van der Waals surface area (Å²) in [6.45, 7) is 0. The number of aliphatic hydroxyl groups is 1. The molecule has 0 atom stereocenters. The Morgan fingerprint density at radius 2 is 1.47 bits per heavy atom. The largest absolute Gasteiger partial charge is 0.368 e. The fraction of sp³-hybridized carbons (Fsp3) is 1.00. The zero-order valence-electron chi connectivity index (χ0n) is 9.49. The molecule has 15 heavy (non-hydrogen) atoms. The van der Waals surface area contributed by atoms with Crippen molar-refractivity contribution < 1.29 is 5.11 Å². The number of azo groups is 1. The molecule has 0 spiro atoms. The predicted molar refractivity (Wildman–Crippen MR) is 59.8 cm³/mol. The summed E-state index contributed by atoms with van der Waals surface area (Å²) in [5.74, 6) is 0. The molecule has 2 aliphatic carbocycles. The Morgan fingerprint density at radius 1 is 0.867 bits per heavy atom. The Balaban J connectivity index is 1.85. The summed E-state index contributed by atoms with van der Waals surface area (Å²) in [6, 6.07) is 0.393. The first-order valence-corrected chi connectivity index (χ1v) is 6.43. The van der Waals surface area contributed by atoms with Gasteiger partial charge in [0.2, 0.25) is 0 Å². The van der Waals surface area contributed by atoms with Gasteiger partial charge in [-0.1, -0.05) is 25.7 Å². The van der Waals surface area contributed by atoms with Crippen molar-refractivity contribution in [1.82, 2.24) is 0 Å². The van der Waals surface area contributed by atoms with Gasteiger partial charge in [-0.3, -0.25) is 0 Å². The molecule has 2 rings (SSSR count). The first-order chi connectivity index (χ1) is 7.29. The molecule has 0 radical (unpaired) electrons. The van der Waals surface area contributed by atoms with Crippen molar-refractivity contribution in [3.05, 3.63) is 0 Å². The van der Waals surface area contributed by atoms with E-state index in [4.69, 9.17) is 0 Å². The second kappa shape index (κ2) is 5.06. The lowest BCUT2D eigenvalue weighted by molar-refractivity contribution is 0.00395. The van der Waals surface area contributed by atoms with Crippen molar-refractivity contribution in [1.29, 1.82) is 0 Å². The third-order valence-corrected chi connectivity index (χ3v) is 3.64. The molecule has 2 saturated carbocycles. The lowest BCUT2D eigenvalue weighted by Crippen LogP contribution is -2.28. The van der Waals surface area contributed by atoms with Gasteiger partial charge in [0.05, 0.1) is 6.04 Å². The highest BCUT2D eigenvalue weighted by molar-refractivity contribution is 4.79. The summed E-state index contributed by atoms with van der Waals surface area (Å²) in [4.78, 5) is 0. The minimum Gasteiger partial charge on any atom is -0.368 e. The van der Waals surface area contributed by atoms with Gasteiger partial charge in [0, 0.05) is 0 Å². The van der Waals surface area contributed by atoms with Crippen LogP contribution in [0.25, 0.3) is 0 Å². The van der Waals surface area contributed by atoms with Gasteiger partial charge in [0.25, 0.3) is 0 Å². The van der Waals surface area contributed by atoms with Crippen LogP contribution in [-0.2, 0) is 0 Å². The number of rotatable bonds is 2. The van der Waals surface area contributed by atoms with Crippen LogP contribution in [0.1, 0.15) is 64.2 Å². The van der Waals surface area contributed by atoms with Crippen LogP contribution in [-0.4, -0.2) is 16.9 Å². The molecule has 0 amide bonds. The molecule has 0 bridgehead atoms. The summed E-state index contributed by atoms with van der Waals surface area (Å²) < 4.78 is 0. The van der Waals surface area contributed by atoms with Crippen molar-refractivity contribution in [3.63, 3.8) is 0 Å². The highest BCUT2D eigenvalue weighted by Gasteiger charge is 2.29. The lowest BCUT2D eigenvalue weighted by Gasteiger charge is -2.27. The van der Waals surface area contributed by atoms with E-state index in [-0.39, 0.29) is 0 Å². The molecule has 0 aromatic heterocycles. The predicted octanol–water partition coefficient (Wildman–Crippen LogP) is 3.42. The molecule has 0 saturated heterocycles. The van der Waals surface area contributed by atoms with Crippen molar-refractivity contribution in [2.24, 2.45) is 10.2 Å². The summed E-state index contributed by atoms with van der Waals surface area (Å²) in [5, 5.41) is 18.7. The molecule has 0 aliphatic heterocycles. The van der Waals surface area contributed by atoms with Crippen molar-refractivity contribution >= 4 is 0 Å². The Labute approximate surface area is 92.0 Å². The van der Waals surface area contributed by atoms with E-state index < -0.39 is 5.72 Å². The SMILES string of the molecule is OC1(N=NC2CCCCC2)CCCCC1. The third kappa shape index (κ3) is 3.26. The Bertz CT molecular complexity index is 216. The van der Waals surface area contributed by atoms with Crippen LogP contribution < -0.4 is 0 Å². The molecule has 86 valence electrons. The zero-order chi connectivity index (χ0) is 10.6. The number of nitrogens with zero attached hydrogens (tertiary/aromatic N) is 2. The maximum Gasteiger partial charge on any atom is 0.176 e. The average molecular weight is 210 g/mol. The van der Waals surface area contributed by atoms with E-state index in [0.717, 1.165) is 25.7 Å². The first kappa shape index (κ1) is 11.1. The minimum absolute atomic E-state index is 0.393. The van der Waals surface area contributed by atoms with Crippen molar-refractivity contribution in [2.45, 2.75) is 76.0 Å². The van der Waals surface area contributed by atoms with Gasteiger partial charge in [-0.05, 0) is 38.5 Å². The molecule has 2 aliphatic rings. The number of hydrogen-bond donors (Lipinski definition) is 1. The van der Waals surface area contributed by atoms with Gasteiger partial charge in [0.15, 0.2) is 5.72 Å². The van der Waals surface area contributed by atoms with Gasteiger partial charge in [-0.2, -0.15) is 10.2 Å². The van der Waals surface area contributed by atoms with Gasteiger partial charge in [0.1, 0.15) is 0 Å². The second-order valence-corrected chi connectivity index (χ2v) is 5.05. The van der Waals surface area contributed by atoms with Crippen LogP contribution in [0.2, 0.25) is 0 Å². The van der Waals surface area contributed by atoms with Gasteiger partial charge >= 0.3 is 0 Å². The maximum absolute atomic E-state index is 10.1. The van der Waals surface area contributed by atoms with E-state index in [1.165, 1.54) is 38.5 Å². The smallest absolute Gasteiger partial charge is 0.176 e. The highest BCUT2D eigenvalue weighted by Crippen LogP contribution is 2.30. The molecule has 2 fully saturated rings. The quantitative estimate of drug-likeness (QED) is 0.697. The molecular weight excluding hydrogens is 188 g/mol. The third-order valence-electron chi connectivity index (χ3n) is 3.64. The fourth-order valence-corrected chi connectivity index (χ4v) is 2.60. The Hall–Kier alpha value is -0.440. The molecule has 0 heterocycles. The molecule has 3 heteroatoms. The topological polar surface area (TPSA) is 45.0 Å². The van der Waals surface area contributed by atoms with Crippen LogP contribution in [0.3, 0.4) is 0 Å². The Morgan fingerprint density at radius 3 is 2.13 bits per heavy atom. The van der Waals surface area contributed by atoms with E-state index in [0.29, 0.717) is 6.04 Å². The molecule has 0 unspecified atom stereocenters. The fourth-order valence-electron chi connectivity index (χ4n) is 2.60. The van der Waals surface area contributed by atoms with E-state index in [1.54, 1.807) is 0 Å². The number of hydrogen-bond acceptors (Lipinski definition) is 3. The molecular formula is C12H22N2O. The van der Waals surface area contributed by atoms with Gasteiger partial charge in [-0.25, -0.2) is 0 Å². The van der Waals surface area contributed by atoms with Crippen molar-refractivity contribution in [2.75, 3.05) is 0 Å². The maximum atomic E-state index is 10.1. The summed E-state index contributed by atoms with van der Waals surface area (Å²) in [5.41, 5.74) is -0.810. The van der Waals surface area contributed by atoms with E-state index in [1.807, 2.05) is 0 Å².